The van der Waals surface area contributed by atoms with E-state index in [1.807, 2.05) is 35.4 Å². The number of ether oxygens (including phenoxy) is 1. The molecule has 3 N–H and O–H groups in total. The van der Waals surface area contributed by atoms with Crippen LogP contribution in [0, 0.1) is 5.92 Å². The van der Waals surface area contributed by atoms with Crippen LogP contribution in [0.25, 0.3) is 22.2 Å². The normalized spacial score (nSPS) is 16.4. The second-order valence-corrected chi connectivity index (χ2v) is 9.91. The molecule has 5 rings (SSSR count). The Morgan fingerprint density at radius 3 is 2.82 bits per heavy atom. The molecular weight excluding hydrogens is 458 g/mol. The summed E-state index contributed by atoms with van der Waals surface area (Å²) in [7, 11) is -2.53. The molecule has 178 valence electrons. The molecule has 0 aliphatic carbocycles. The first-order chi connectivity index (χ1) is 16.4. The number of methoxy groups -OCH3 is 1. The Balaban J connectivity index is 1.70. The summed E-state index contributed by atoms with van der Waals surface area (Å²) in [5.74, 6) is 0.611. The lowest BCUT2D eigenvalue weighted by molar-refractivity contribution is 0.238. The van der Waals surface area contributed by atoms with Crippen molar-refractivity contribution in [2.24, 2.45) is 11.1 Å². The number of anilines is 1. The number of fused-ring (bicyclic) bond motifs is 1. The Kier molecular flexibility index (Phi) is 5.76. The van der Waals surface area contributed by atoms with Crippen molar-refractivity contribution in [3.63, 3.8) is 0 Å². The smallest absolute Gasteiger partial charge is 0.238 e. The third-order valence-electron chi connectivity index (χ3n) is 6.15. The first-order valence-electron chi connectivity index (χ1n) is 10.8. The molecule has 0 radical (unpaired) electrons. The number of nitrogens with zero attached hydrogens (tertiary/aromatic N) is 4. The molecule has 2 aromatic carbocycles. The van der Waals surface area contributed by atoms with E-state index >= 15 is 0 Å². The number of primary sulfonamides is 1. The Bertz CT molecular complexity index is 1430. The predicted octanol–water partition coefficient (Wildman–Crippen LogP) is 2.21. The van der Waals surface area contributed by atoms with Crippen LogP contribution in [0.2, 0.25) is 0 Å². The quantitative estimate of drug-likeness (QED) is 0.408. The highest BCUT2D eigenvalue weighted by Gasteiger charge is 2.30. The van der Waals surface area contributed by atoms with E-state index in [1.54, 1.807) is 24.1 Å². The lowest BCUT2D eigenvalue weighted by Crippen LogP contribution is -2.23. The van der Waals surface area contributed by atoms with Gasteiger partial charge in [-0.2, -0.15) is 5.10 Å². The highest BCUT2D eigenvalue weighted by Crippen LogP contribution is 2.43. The van der Waals surface area contributed by atoms with Gasteiger partial charge in [0.05, 0.1) is 23.9 Å². The number of aromatic nitrogens is 3. The van der Waals surface area contributed by atoms with Gasteiger partial charge in [-0.05, 0) is 42.3 Å². The summed E-state index contributed by atoms with van der Waals surface area (Å²) in [6.45, 7) is 1.84. The largest absolute Gasteiger partial charge is 0.496 e. The van der Waals surface area contributed by atoms with E-state index in [0.29, 0.717) is 53.3 Å². The molecule has 34 heavy (non-hydrogen) atoms. The van der Waals surface area contributed by atoms with Crippen LogP contribution in [0.5, 0.6) is 5.75 Å². The molecule has 11 heteroatoms. The Labute approximate surface area is 196 Å². The topological polar surface area (TPSA) is 137 Å². The first kappa shape index (κ1) is 22.4. The number of aliphatic hydroxyl groups excluding tert-OH is 1. The molecule has 1 atom stereocenters. The molecule has 0 saturated carbocycles. The van der Waals surface area contributed by atoms with Crippen molar-refractivity contribution in [3.8, 4) is 17.0 Å². The van der Waals surface area contributed by atoms with Crippen LogP contribution in [0.3, 0.4) is 0 Å². The molecule has 4 aromatic rings. The number of benzene rings is 2. The number of hydrogen-bond acceptors (Lipinski definition) is 8. The molecule has 10 nitrogen and oxygen atoms in total. The van der Waals surface area contributed by atoms with E-state index < -0.39 is 10.0 Å². The van der Waals surface area contributed by atoms with Crippen LogP contribution in [0.4, 0.5) is 5.69 Å². The fourth-order valence-electron chi connectivity index (χ4n) is 4.55. The summed E-state index contributed by atoms with van der Waals surface area (Å²) >= 11 is 0. The number of rotatable bonds is 7. The number of sulfonamides is 1. The van der Waals surface area contributed by atoms with E-state index in [4.69, 9.17) is 14.4 Å². The van der Waals surface area contributed by atoms with Gasteiger partial charge in [0.2, 0.25) is 10.0 Å². The van der Waals surface area contributed by atoms with Gasteiger partial charge in [0, 0.05) is 49.3 Å². The van der Waals surface area contributed by atoms with Crippen LogP contribution in [0.1, 0.15) is 12.0 Å². The summed E-state index contributed by atoms with van der Waals surface area (Å²) in [6, 6.07) is 10.5. The van der Waals surface area contributed by atoms with Gasteiger partial charge in [-0.3, -0.25) is 4.68 Å². The Morgan fingerprint density at radius 1 is 1.29 bits per heavy atom. The summed E-state index contributed by atoms with van der Waals surface area (Å²) in [4.78, 5) is 2.00. The minimum absolute atomic E-state index is 0.0460. The zero-order chi connectivity index (χ0) is 23.9. The van der Waals surface area contributed by atoms with Gasteiger partial charge < -0.3 is 19.3 Å². The zero-order valence-electron chi connectivity index (χ0n) is 18.6. The van der Waals surface area contributed by atoms with E-state index in [9.17, 15) is 13.5 Å². The van der Waals surface area contributed by atoms with E-state index in [2.05, 4.69) is 10.3 Å². The van der Waals surface area contributed by atoms with E-state index in [1.165, 1.54) is 6.07 Å². The average Bonchev–Trinajstić information content (AvgIpc) is 3.58. The van der Waals surface area contributed by atoms with E-state index in [0.717, 1.165) is 12.0 Å². The molecule has 0 amide bonds. The molecule has 1 unspecified atom stereocenters. The maximum atomic E-state index is 12.6. The monoisotopic (exact) mass is 483 g/mol. The Morgan fingerprint density at radius 2 is 2.15 bits per heavy atom. The van der Waals surface area contributed by atoms with Gasteiger partial charge in [-0.1, -0.05) is 11.2 Å². The van der Waals surface area contributed by atoms with Crippen molar-refractivity contribution in [1.29, 1.82) is 0 Å². The summed E-state index contributed by atoms with van der Waals surface area (Å²) in [5.41, 5.74) is 2.72. The standard InChI is InChI=1S/C23H25N5O5S/c1-32-18-10-16(13-28-8-3-7-25-28)11-19-22(18)23(26-33-19)21-17(27-9-6-15(12-27)14-29)4-2-5-20(21)34(24,30)31/h2-5,7-8,10-11,15,29H,6,9,12-14H2,1H3,(H2,24,30,31). The van der Waals surface area contributed by atoms with Crippen LogP contribution in [0.15, 0.2) is 58.2 Å². The second-order valence-electron chi connectivity index (χ2n) is 8.38. The van der Waals surface area contributed by atoms with Crippen LogP contribution in [-0.2, 0) is 16.6 Å². The summed E-state index contributed by atoms with van der Waals surface area (Å²) in [6.07, 6.45) is 4.36. The van der Waals surface area contributed by atoms with Gasteiger partial charge in [-0.15, -0.1) is 0 Å². The SMILES string of the molecule is COc1cc(Cn2cccn2)cc2onc(-c3c(N4CCC(CO)C4)cccc3S(N)(=O)=O)c12. The maximum Gasteiger partial charge on any atom is 0.238 e. The molecule has 0 spiro atoms. The van der Waals surface area contributed by atoms with E-state index in [-0.39, 0.29) is 17.4 Å². The van der Waals surface area contributed by atoms with Crippen molar-refractivity contribution in [2.75, 3.05) is 31.7 Å². The van der Waals surface area contributed by atoms with Gasteiger partial charge in [0.1, 0.15) is 11.4 Å². The minimum Gasteiger partial charge on any atom is -0.496 e. The van der Waals surface area contributed by atoms with Gasteiger partial charge in [0.25, 0.3) is 0 Å². The van der Waals surface area contributed by atoms with Crippen LogP contribution >= 0.6 is 0 Å². The van der Waals surface area contributed by atoms with Crippen molar-refractivity contribution in [3.05, 3.63) is 54.4 Å². The lowest BCUT2D eigenvalue weighted by Gasteiger charge is -2.23. The minimum atomic E-state index is -4.07. The van der Waals surface area contributed by atoms with Crippen molar-refractivity contribution < 1.29 is 22.8 Å². The molecule has 1 aliphatic rings. The fourth-order valence-corrected chi connectivity index (χ4v) is 5.31. The van der Waals surface area contributed by atoms with Crippen molar-refractivity contribution in [2.45, 2.75) is 17.9 Å². The van der Waals surface area contributed by atoms with Crippen molar-refractivity contribution in [1.82, 2.24) is 14.9 Å². The van der Waals surface area contributed by atoms with Crippen LogP contribution < -0.4 is 14.8 Å². The number of aliphatic hydroxyl groups is 1. The Hall–Kier alpha value is -3.41. The molecule has 0 bridgehead atoms. The second kappa shape index (κ2) is 8.75. The first-order valence-corrected chi connectivity index (χ1v) is 12.4. The summed E-state index contributed by atoms with van der Waals surface area (Å²) < 4.78 is 38.3. The molecule has 1 fully saturated rings. The third-order valence-corrected chi connectivity index (χ3v) is 7.11. The summed E-state index contributed by atoms with van der Waals surface area (Å²) in [5, 5.41) is 24.3. The third kappa shape index (κ3) is 4.02. The highest BCUT2D eigenvalue weighted by molar-refractivity contribution is 7.89. The molecule has 2 aromatic heterocycles. The maximum absolute atomic E-state index is 12.6. The molecular formula is C23H25N5O5S. The van der Waals surface area contributed by atoms with Crippen LogP contribution in [-0.4, -0.2) is 55.3 Å². The van der Waals surface area contributed by atoms with Crippen molar-refractivity contribution >= 4 is 26.7 Å². The number of nitrogens with two attached hydrogens (primary N) is 1. The molecule has 1 saturated heterocycles. The van der Waals surface area contributed by atoms with Gasteiger partial charge >= 0.3 is 0 Å². The predicted molar refractivity (Wildman–Crippen MR) is 126 cm³/mol. The van der Waals surface area contributed by atoms with Gasteiger partial charge in [-0.25, -0.2) is 13.6 Å². The fraction of sp³-hybridized carbons (Fsp3) is 0.304. The van der Waals surface area contributed by atoms with Gasteiger partial charge in [0.15, 0.2) is 5.58 Å². The average molecular weight is 484 g/mol. The molecule has 1 aliphatic heterocycles. The molecule has 3 heterocycles. The lowest BCUT2D eigenvalue weighted by atomic mass is 10.0. The zero-order valence-corrected chi connectivity index (χ0v) is 19.4. The highest BCUT2D eigenvalue weighted by atomic mass is 32.2. The number of hydrogen-bond donors (Lipinski definition) is 2.